The molecule has 0 saturated heterocycles. The van der Waals surface area contributed by atoms with Crippen LogP contribution in [0.15, 0.2) is 97.1 Å². The highest BCUT2D eigenvalue weighted by atomic mass is 16.1. The molecule has 0 unspecified atom stereocenters. The van der Waals surface area contributed by atoms with Crippen molar-refractivity contribution >= 4 is 51.7 Å². The lowest BCUT2D eigenvalue weighted by atomic mass is 10.1. The average molecular weight is 474 g/mol. The molecule has 5 aromatic rings. The van der Waals surface area contributed by atoms with Gasteiger partial charge in [-0.25, -0.2) is 0 Å². The first-order chi connectivity index (χ1) is 17.7. The van der Waals surface area contributed by atoms with Crippen LogP contribution in [0, 0.1) is 0 Å². The molecule has 4 aromatic carbocycles. The van der Waals surface area contributed by atoms with E-state index in [0.717, 1.165) is 45.8 Å². The molecule has 178 valence electrons. The summed E-state index contributed by atoms with van der Waals surface area (Å²) in [6.07, 6.45) is 4.07. The number of amides is 1. The number of anilines is 4. The number of nitrogens with one attached hydrogen (secondary N) is 4. The van der Waals surface area contributed by atoms with Gasteiger partial charge in [-0.05, 0) is 67.1 Å². The van der Waals surface area contributed by atoms with Gasteiger partial charge in [0.2, 0.25) is 0 Å². The van der Waals surface area contributed by atoms with Crippen LogP contribution in [-0.2, 0) is 0 Å². The Morgan fingerprint density at radius 3 is 2.47 bits per heavy atom. The number of aromatic nitrogens is 2. The van der Waals surface area contributed by atoms with Crippen LogP contribution in [0.1, 0.15) is 28.5 Å². The Morgan fingerprint density at radius 1 is 0.833 bits per heavy atom. The minimum absolute atomic E-state index is 0.154. The quantitative estimate of drug-likeness (QED) is 0.193. The molecule has 0 fully saturated rings. The molecule has 4 N–H and O–H groups in total. The lowest BCUT2D eigenvalue weighted by Gasteiger charge is -2.12. The van der Waals surface area contributed by atoms with E-state index in [0.29, 0.717) is 11.3 Å². The Labute approximate surface area is 210 Å². The molecule has 5 rings (SSSR count). The van der Waals surface area contributed by atoms with Gasteiger partial charge in [-0.2, -0.15) is 5.10 Å². The lowest BCUT2D eigenvalue weighted by molar-refractivity contribution is 0.102. The maximum absolute atomic E-state index is 12.9. The van der Waals surface area contributed by atoms with E-state index in [-0.39, 0.29) is 5.91 Å². The third-order valence-corrected chi connectivity index (χ3v) is 5.77. The zero-order chi connectivity index (χ0) is 24.7. The van der Waals surface area contributed by atoms with Gasteiger partial charge in [-0.1, -0.05) is 54.6 Å². The fourth-order valence-corrected chi connectivity index (χ4v) is 4.05. The smallest absolute Gasteiger partial charge is 0.257 e. The van der Waals surface area contributed by atoms with Crippen molar-refractivity contribution in [3.8, 4) is 0 Å². The van der Waals surface area contributed by atoms with E-state index in [4.69, 9.17) is 0 Å². The fourth-order valence-electron chi connectivity index (χ4n) is 4.05. The minimum Gasteiger partial charge on any atom is -0.385 e. The zero-order valence-electron chi connectivity index (χ0n) is 20.0. The normalized spacial score (nSPS) is 11.0. The van der Waals surface area contributed by atoms with Crippen molar-refractivity contribution in [3.05, 3.63) is 114 Å². The van der Waals surface area contributed by atoms with E-state index in [9.17, 15) is 4.79 Å². The number of hydrogen-bond acceptors (Lipinski definition) is 4. The number of carbonyl (C=O) groups is 1. The van der Waals surface area contributed by atoms with E-state index < -0.39 is 0 Å². The predicted octanol–water partition coefficient (Wildman–Crippen LogP) is 7.16. The highest BCUT2D eigenvalue weighted by Crippen LogP contribution is 2.26. The van der Waals surface area contributed by atoms with E-state index in [1.54, 1.807) is 0 Å². The third kappa shape index (κ3) is 5.28. The monoisotopic (exact) mass is 473 g/mol. The van der Waals surface area contributed by atoms with Gasteiger partial charge < -0.3 is 16.0 Å². The van der Waals surface area contributed by atoms with E-state index in [1.807, 2.05) is 91.9 Å². The van der Waals surface area contributed by atoms with Crippen LogP contribution in [0.4, 0.5) is 22.7 Å². The van der Waals surface area contributed by atoms with Crippen molar-refractivity contribution in [3.63, 3.8) is 0 Å². The van der Waals surface area contributed by atoms with Crippen molar-refractivity contribution in [2.75, 3.05) is 22.5 Å². The number of aromatic amines is 1. The van der Waals surface area contributed by atoms with Crippen LogP contribution in [-0.4, -0.2) is 22.6 Å². The van der Waals surface area contributed by atoms with Gasteiger partial charge in [-0.15, -0.1) is 0 Å². The highest BCUT2D eigenvalue weighted by molar-refractivity contribution is 6.08. The number of fused-ring (bicyclic) bond motifs is 1. The molecule has 6 heteroatoms. The molecule has 0 spiro atoms. The molecule has 0 saturated carbocycles. The molecule has 0 radical (unpaired) electrons. The summed E-state index contributed by atoms with van der Waals surface area (Å²) in [6.45, 7) is 2.75. The number of para-hydroxylation sites is 1. The lowest BCUT2D eigenvalue weighted by Crippen LogP contribution is -2.14. The maximum Gasteiger partial charge on any atom is 0.257 e. The van der Waals surface area contributed by atoms with Gasteiger partial charge in [0.25, 0.3) is 5.91 Å². The first-order valence-electron chi connectivity index (χ1n) is 11.9. The molecule has 1 heterocycles. The third-order valence-electron chi connectivity index (χ3n) is 5.77. The molecule has 1 aromatic heterocycles. The van der Waals surface area contributed by atoms with Gasteiger partial charge in [0.05, 0.1) is 16.8 Å². The second-order valence-corrected chi connectivity index (χ2v) is 8.35. The van der Waals surface area contributed by atoms with Crippen LogP contribution in [0.25, 0.3) is 23.1 Å². The van der Waals surface area contributed by atoms with Crippen molar-refractivity contribution in [2.45, 2.75) is 6.92 Å². The first kappa shape index (κ1) is 22.9. The Balaban J connectivity index is 1.30. The van der Waals surface area contributed by atoms with Crippen LogP contribution >= 0.6 is 0 Å². The summed E-state index contributed by atoms with van der Waals surface area (Å²) in [6, 6.07) is 31.4. The maximum atomic E-state index is 12.9. The predicted molar refractivity (Wildman–Crippen MR) is 150 cm³/mol. The fraction of sp³-hybridized carbons (Fsp3) is 0.0667. The highest BCUT2D eigenvalue weighted by Gasteiger charge is 2.11. The molecule has 0 bridgehead atoms. The molecule has 0 atom stereocenters. The molecule has 1 amide bonds. The van der Waals surface area contributed by atoms with Gasteiger partial charge in [0, 0.05) is 34.7 Å². The van der Waals surface area contributed by atoms with E-state index >= 15 is 0 Å². The summed E-state index contributed by atoms with van der Waals surface area (Å²) in [5, 5.41) is 18.3. The molecular formula is C30H27N5O. The molecule has 6 nitrogen and oxygen atoms in total. The van der Waals surface area contributed by atoms with Crippen molar-refractivity contribution < 1.29 is 4.79 Å². The SMILES string of the molecule is CCNc1ccccc1C(=O)Nc1cccc(Nc2ccc3c(/C=C/c4ccccc4)n[nH]c3c2)c1. The standard InChI is InChI=1S/C30H27N5O/c1-2-31-27-14-7-6-13-26(27)30(36)33-23-12-8-11-22(19-23)32-24-16-17-25-28(34-35-29(25)20-24)18-15-21-9-4-3-5-10-21/h3-20,31-32H,2H2,1H3,(H,33,36)(H,34,35)/b18-15+. The first-order valence-corrected chi connectivity index (χ1v) is 11.9. The minimum atomic E-state index is -0.154. The van der Waals surface area contributed by atoms with Crippen LogP contribution in [0.3, 0.4) is 0 Å². The number of rotatable bonds is 8. The Morgan fingerprint density at radius 2 is 1.61 bits per heavy atom. The Hall–Kier alpha value is -4.84. The molecule has 0 aliphatic carbocycles. The van der Waals surface area contributed by atoms with Gasteiger partial charge in [0.1, 0.15) is 0 Å². The summed E-state index contributed by atoms with van der Waals surface area (Å²) in [5.41, 5.74) is 6.90. The second-order valence-electron chi connectivity index (χ2n) is 8.35. The van der Waals surface area contributed by atoms with Gasteiger partial charge in [-0.3, -0.25) is 9.89 Å². The van der Waals surface area contributed by atoms with Gasteiger partial charge >= 0.3 is 0 Å². The summed E-state index contributed by atoms with van der Waals surface area (Å²) in [5.74, 6) is -0.154. The molecular weight excluding hydrogens is 446 g/mol. The Bertz CT molecular complexity index is 1520. The van der Waals surface area contributed by atoms with Crippen molar-refractivity contribution in [1.29, 1.82) is 0 Å². The number of H-pyrrole nitrogens is 1. The summed E-state index contributed by atoms with van der Waals surface area (Å²) in [7, 11) is 0. The largest absolute Gasteiger partial charge is 0.385 e. The number of hydrogen-bond donors (Lipinski definition) is 4. The summed E-state index contributed by atoms with van der Waals surface area (Å²) < 4.78 is 0. The van der Waals surface area contributed by atoms with E-state index in [1.165, 1.54) is 0 Å². The Kier molecular flexibility index (Phi) is 6.76. The summed E-state index contributed by atoms with van der Waals surface area (Å²) in [4.78, 5) is 12.9. The number of nitrogens with zero attached hydrogens (tertiary/aromatic N) is 1. The van der Waals surface area contributed by atoms with Crippen LogP contribution < -0.4 is 16.0 Å². The topological polar surface area (TPSA) is 81.8 Å². The van der Waals surface area contributed by atoms with E-state index in [2.05, 4.69) is 50.4 Å². The van der Waals surface area contributed by atoms with Gasteiger partial charge in [0.15, 0.2) is 0 Å². The summed E-state index contributed by atoms with van der Waals surface area (Å²) >= 11 is 0. The molecule has 0 aliphatic heterocycles. The molecule has 36 heavy (non-hydrogen) atoms. The van der Waals surface area contributed by atoms with Crippen molar-refractivity contribution in [2.24, 2.45) is 0 Å². The average Bonchev–Trinajstić information content (AvgIpc) is 3.31. The zero-order valence-corrected chi connectivity index (χ0v) is 20.0. The number of carbonyl (C=O) groups excluding carboxylic acids is 1. The van der Waals surface area contributed by atoms with Crippen molar-refractivity contribution in [1.82, 2.24) is 10.2 Å². The number of benzene rings is 4. The van der Waals surface area contributed by atoms with Crippen LogP contribution in [0.2, 0.25) is 0 Å². The second kappa shape index (κ2) is 10.6. The van der Waals surface area contributed by atoms with Crippen LogP contribution in [0.5, 0.6) is 0 Å². The molecule has 0 aliphatic rings.